The lowest BCUT2D eigenvalue weighted by molar-refractivity contribution is -0.120. The molecule has 0 aliphatic carbocycles. The number of carbonyl (C=O) groups is 2. The highest BCUT2D eigenvalue weighted by Gasteiger charge is 2.22. The van der Waals surface area contributed by atoms with Crippen LogP contribution >= 0.6 is 11.3 Å². The van der Waals surface area contributed by atoms with E-state index < -0.39 is 5.97 Å². The molecule has 1 amide bonds. The van der Waals surface area contributed by atoms with Gasteiger partial charge in [-0.2, -0.15) is 0 Å². The maximum atomic E-state index is 12.2. The zero-order chi connectivity index (χ0) is 18.9. The minimum absolute atomic E-state index is 0.246. The average molecular weight is 374 g/mol. The first-order valence-electron chi connectivity index (χ1n) is 8.36. The van der Waals surface area contributed by atoms with E-state index in [0.29, 0.717) is 10.6 Å². The number of esters is 1. The van der Waals surface area contributed by atoms with Crippen molar-refractivity contribution in [3.05, 3.63) is 51.9 Å². The third kappa shape index (κ3) is 5.16. The Labute approximate surface area is 156 Å². The van der Waals surface area contributed by atoms with Crippen molar-refractivity contribution in [3.8, 4) is 0 Å². The fraction of sp³-hybridized carbons (Fsp3) is 0.316. The van der Waals surface area contributed by atoms with E-state index in [1.54, 1.807) is 6.92 Å². The summed E-state index contributed by atoms with van der Waals surface area (Å²) in [5.41, 5.74) is 2.13. The number of rotatable bonds is 8. The van der Waals surface area contributed by atoms with E-state index in [-0.39, 0.29) is 19.1 Å². The Morgan fingerprint density at radius 2 is 1.96 bits per heavy atom. The zero-order valence-corrected chi connectivity index (χ0v) is 15.9. The summed E-state index contributed by atoms with van der Waals surface area (Å²) < 4.78 is 5.10. The van der Waals surface area contributed by atoms with Crippen molar-refractivity contribution in [1.82, 2.24) is 0 Å². The number of aryl methyl sites for hydroxylation is 1. The highest BCUT2D eigenvalue weighted by atomic mass is 32.1. The maximum Gasteiger partial charge on any atom is 0.341 e. The largest absolute Gasteiger partial charge is 0.462 e. The number of oxime groups is 1. The van der Waals surface area contributed by atoms with Crippen molar-refractivity contribution in [2.45, 2.75) is 27.2 Å². The number of nitrogens with one attached hydrogen (secondary N) is 1. The molecule has 1 N–H and O–H groups in total. The highest BCUT2D eigenvalue weighted by Crippen LogP contribution is 2.34. The number of thiophene rings is 1. The molecule has 2 aromatic rings. The molecule has 1 aromatic carbocycles. The van der Waals surface area contributed by atoms with Gasteiger partial charge in [0.05, 0.1) is 18.4 Å². The lowest BCUT2D eigenvalue weighted by atomic mass is 10.1. The fourth-order valence-electron chi connectivity index (χ4n) is 2.33. The van der Waals surface area contributed by atoms with E-state index in [0.717, 1.165) is 22.4 Å². The van der Waals surface area contributed by atoms with Crippen molar-refractivity contribution in [2.75, 3.05) is 18.5 Å². The van der Waals surface area contributed by atoms with Crippen molar-refractivity contribution >= 4 is 34.4 Å². The van der Waals surface area contributed by atoms with Gasteiger partial charge in [-0.15, -0.1) is 11.3 Å². The SMILES string of the molecule is CCOC(=O)c1c(NC(=O)CO/N=C\c2ccccc2)sc(CC)c1C. The van der Waals surface area contributed by atoms with Gasteiger partial charge in [0.1, 0.15) is 5.00 Å². The van der Waals surface area contributed by atoms with E-state index in [4.69, 9.17) is 9.57 Å². The second kappa shape index (κ2) is 9.72. The van der Waals surface area contributed by atoms with Gasteiger partial charge in [0.25, 0.3) is 5.91 Å². The molecule has 7 heteroatoms. The summed E-state index contributed by atoms with van der Waals surface area (Å²) in [4.78, 5) is 30.4. The number of amides is 1. The number of benzene rings is 1. The molecule has 0 atom stereocenters. The lowest BCUT2D eigenvalue weighted by Gasteiger charge is -2.06. The van der Waals surface area contributed by atoms with Gasteiger partial charge in [-0.25, -0.2) is 4.79 Å². The van der Waals surface area contributed by atoms with Crippen molar-refractivity contribution < 1.29 is 19.2 Å². The predicted octanol–water partition coefficient (Wildman–Crippen LogP) is 3.78. The van der Waals surface area contributed by atoms with Crippen LogP contribution in [-0.4, -0.2) is 31.3 Å². The number of hydrogen-bond acceptors (Lipinski definition) is 6. The normalized spacial score (nSPS) is 10.7. The molecule has 0 unspecified atom stereocenters. The average Bonchev–Trinajstić information content (AvgIpc) is 2.95. The molecule has 0 spiro atoms. The molecule has 1 aromatic heterocycles. The quantitative estimate of drug-likeness (QED) is 0.433. The number of ether oxygens (including phenoxy) is 1. The summed E-state index contributed by atoms with van der Waals surface area (Å²) >= 11 is 1.38. The lowest BCUT2D eigenvalue weighted by Crippen LogP contribution is -2.18. The molecule has 0 fully saturated rings. The molecular formula is C19H22N2O4S. The minimum atomic E-state index is -0.431. The van der Waals surface area contributed by atoms with E-state index in [1.807, 2.05) is 44.2 Å². The van der Waals surface area contributed by atoms with Crippen LogP contribution in [0.1, 0.15) is 40.2 Å². The van der Waals surface area contributed by atoms with Crippen molar-refractivity contribution in [1.29, 1.82) is 0 Å². The maximum absolute atomic E-state index is 12.2. The Morgan fingerprint density at radius 1 is 1.23 bits per heavy atom. The Kier molecular flexibility index (Phi) is 7.35. The van der Waals surface area contributed by atoms with Crippen molar-refractivity contribution in [3.63, 3.8) is 0 Å². The first-order chi connectivity index (χ1) is 12.6. The Bertz CT molecular complexity index is 784. The molecule has 0 aliphatic rings. The summed E-state index contributed by atoms with van der Waals surface area (Å²) in [5.74, 6) is -0.816. The monoisotopic (exact) mass is 374 g/mol. The standard InChI is InChI=1S/C19H22N2O4S/c1-4-15-13(3)17(19(23)24-5-2)18(26-15)21-16(22)12-25-20-11-14-9-7-6-8-10-14/h6-11H,4-5,12H2,1-3H3,(H,21,22)/b20-11-. The molecule has 1 heterocycles. The smallest absolute Gasteiger partial charge is 0.341 e. The highest BCUT2D eigenvalue weighted by molar-refractivity contribution is 7.17. The van der Waals surface area contributed by atoms with E-state index in [9.17, 15) is 9.59 Å². The third-order valence-corrected chi connectivity index (χ3v) is 4.92. The number of hydrogen-bond donors (Lipinski definition) is 1. The van der Waals surface area contributed by atoms with Crippen LogP contribution in [0.3, 0.4) is 0 Å². The molecule has 26 heavy (non-hydrogen) atoms. The van der Waals surface area contributed by atoms with Crippen LogP contribution in [0.2, 0.25) is 0 Å². The van der Waals surface area contributed by atoms with Crippen LogP contribution in [0, 0.1) is 6.92 Å². The Morgan fingerprint density at radius 3 is 2.62 bits per heavy atom. The van der Waals surface area contributed by atoms with Crippen LogP contribution in [0.5, 0.6) is 0 Å². The molecule has 0 aliphatic heterocycles. The van der Waals surface area contributed by atoms with Gasteiger partial charge in [-0.05, 0) is 31.4 Å². The topological polar surface area (TPSA) is 77.0 Å². The van der Waals surface area contributed by atoms with Crippen LogP contribution in [-0.2, 0) is 20.8 Å². The fourth-order valence-corrected chi connectivity index (χ4v) is 3.48. The Hall–Kier alpha value is -2.67. The molecule has 0 saturated heterocycles. The molecule has 0 saturated carbocycles. The van der Waals surface area contributed by atoms with Crippen LogP contribution in [0.4, 0.5) is 5.00 Å². The first kappa shape index (κ1) is 19.7. The van der Waals surface area contributed by atoms with Crippen molar-refractivity contribution in [2.24, 2.45) is 5.16 Å². The summed E-state index contributed by atoms with van der Waals surface area (Å²) in [6.07, 6.45) is 2.30. The zero-order valence-electron chi connectivity index (χ0n) is 15.1. The Balaban J connectivity index is 1.99. The molecule has 2 rings (SSSR count). The summed E-state index contributed by atoms with van der Waals surface area (Å²) in [7, 11) is 0. The molecule has 6 nitrogen and oxygen atoms in total. The van der Waals surface area contributed by atoms with Gasteiger partial charge in [0.2, 0.25) is 0 Å². The third-order valence-electron chi connectivity index (χ3n) is 3.57. The van der Waals surface area contributed by atoms with Crippen LogP contribution in [0.25, 0.3) is 0 Å². The van der Waals surface area contributed by atoms with Crippen LogP contribution in [0.15, 0.2) is 35.5 Å². The minimum Gasteiger partial charge on any atom is -0.462 e. The van der Waals surface area contributed by atoms with Gasteiger partial charge in [0, 0.05) is 4.88 Å². The molecule has 0 radical (unpaired) electrons. The number of anilines is 1. The van der Waals surface area contributed by atoms with Gasteiger partial charge in [-0.3, -0.25) is 4.79 Å². The van der Waals surface area contributed by atoms with Gasteiger partial charge in [0.15, 0.2) is 6.61 Å². The van der Waals surface area contributed by atoms with Crippen LogP contribution < -0.4 is 5.32 Å². The van der Waals surface area contributed by atoms with E-state index in [2.05, 4.69) is 10.5 Å². The van der Waals surface area contributed by atoms with E-state index >= 15 is 0 Å². The van der Waals surface area contributed by atoms with Gasteiger partial charge in [-0.1, -0.05) is 42.4 Å². The second-order valence-electron chi connectivity index (χ2n) is 5.40. The predicted molar refractivity (Wildman–Crippen MR) is 103 cm³/mol. The first-order valence-corrected chi connectivity index (χ1v) is 9.18. The van der Waals surface area contributed by atoms with E-state index in [1.165, 1.54) is 17.6 Å². The summed E-state index contributed by atoms with van der Waals surface area (Å²) in [6, 6.07) is 9.42. The summed E-state index contributed by atoms with van der Waals surface area (Å²) in [6.45, 7) is 5.64. The number of carbonyl (C=O) groups excluding carboxylic acids is 2. The second-order valence-corrected chi connectivity index (χ2v) is 6.50. The number of nitrogens with zero attached hydrogens (tertiary/aromatic N) is 1. The molecular weight excluding hydrogens is 352 g/mol. The van der Waals surface area contributed by atoms with Gasteiger partial charge < -0.3 is 14.9 Å². The van der Waals surface area contributed by atoms with Gasteiger partial charge >= 0.3 is 5.97 Å². The molecule has 138 valence electrons. The molecule has 0 bridgehead atoms. The summed E-state index contributed by atoms with van der Waals surface area (Å²) in [5, 5.41) is 6.98.